The highest BCUT2D eigenvalue weighted by molar-refractivity contribution is 5.94. The fourth-order valence-electron chi connectivity index (χ4n) is 3.19. The first kappa shape index (κ1) is 14.8. The number of aromatic nitrogens is 2. The van der Waals surface area contributed by atoms with E-state index in [1.165, 1.54) is 17.2 Å². The molecule has 0 bridgehead atoms. The van der Waals surface area contributed by atoms with Crippen LogP contribution in [0.5, 0.6) is 0 Å². The van der Waals surface area contributed by atoms with Gasteiger partial charge in [0.2, 0.25) is 0 Å². The Morgan fingerprint density at radius 2 is 2.04 bits per heavy atom. The summed E-state index contributed by atoms with van der Waals surface area (Å²) in [7, 11) is 0. The second-order valence-electron chi connectivity index (χ2n) is 5.93. The highest BCUT2D eigenvalue weighted by atomic mass is 19.1. The smallest absolute Gasteiger partial charge is 0.140 e. The lowest BCUT2D eigenvalue weighted by Crippen LogP contribution is -2.02. The van der Waals surface area contributed by atoms with Gasteiger partial charge in [-0.25, -0.2) is 9.37 Å². The standard InChI is InChI=1S/C20H18FN3/c21-19-6-2-1-4-16(19)9-13-24-14-18(15-7-11-22-12-8-15)17-5-3-10-23-20(17)24/h1-7,10,12,14H,8-9,11,13H2. The van der Waals surface area contributed by atoms with Gasteiger partial charge in [-0.3, -0.25) is 4.99 Å². The minimum Gasteiger partial charge on any atom is -0.332 e. The molecule has 120 valence electrons. The van der Waals surface area contributed by atoms with Crippen molar-refractivity contribution in [3.63, 3.8) is 0 Å². The lowest BCUT2D eigenvalue weighted by atomic mass is 10.0. The first-order valence-electron chi connectivity index (χ1n) is 8.18. The molecule has 3 heterocycles. The van der Waals surface area contributed by atoms with Crippen molar-refractivity contribution in [2.24, 2.45) is 4.99 Å². The van der Waals surface area contributed by atoms with Gasteiger partial charge < -0.3 is 4.57 Å². The van der Waals surface area contributed by atoms with Gasteiger partial charge in [0, 0.05) is 42.5 Å². The number of hydrogen-bond acceptors (Lipinski definition) is 2. The van der Waals surface area contributed by atoms with E-state index in [4.69, 9.17) is 0 Å². The number of dihydropyridines is 1. The minimum atomic E-state index is -0.145. The van der Waals surface area contributed by atoms with Gasteiger partial charge >= 0.3 is 0 Å². The lowest BCUT2D eigenvalue weighted by Gasteiger charge is -2.07. The Bertz CT molecular complexity index is 937. The maximum Gasteiger partial charge on any atom is 0.140 e. The van der Waals surface area contributed by atoms with Crippen LogP contribution in [0.4, 0.5) is 4.39 Å². The van der Waals surface area contributed by atoms with E-state index in [9.17, 15) is 4.39 Å². The number of aryl methyl sites for hydroxylation is 2. The highest BCUT2D eigenvalue weighted by Crippen LogP contribution is 2.29. The number of aliphatic imine (C=N–C) groups is 1. The molecule has 0 N–H and O–H groups in total. The maximum absolute atomic E-state index is 13.9. The highest BCUT2D eigenvalue weighted by Gasteiger charge is 2.14. The van der Waals surface area contributed by atoms with E-state index in [1.807, 2.05) is 30.6 Å². The summed E-state index contributed by atoms with van der Waals surface area (Å²) >= 11 is 0. The van der Waals surface area contributed by atoms with Gasteiger partial charge in [-0.1, -0.05) is 24.3 Å². The largest absolute Gasteiger partial charge is 0.332 e. The molecule has 3 nitrogen and oxygen atoms in total. The average Bonchev–Trinajstić information content (AvgIpc) is 3.01. The molecule has 0 spiro atoms. The van der Waals surface area contributed by atoms with E-state index in [-0.39, 0.29) is 5.82 Å². The van der Waals surface area contributed by atoms with Crippen LogP contribution in [-0.4, -0.2) is 22.3 Å². The fraction of sp³-hybridized carbons (Fsp3) is 0.200. The Labute approximate surface area is 140 Å². The van der Waals surface area contributed by atoms with Gasteiger partial charge in [-0.05, 0) is 35.8 Å². The SMILES string of the molecule is Fc1ccccc1CCn1cc(C2=CCN=CC2)c2cccnc21. The van der Waals surface area contributed by atoms with Crippen LogP contribution in [0.15, 0.2) is 59.9 Å². The third-order valence-electron chi connectivity index (χ3n) is 4.44. The number of allylic oxidation sites excluding steroid dienone is 1. The Morgan fingerprint density at radius 1 is 1.12 bits per heavy atom. The van der Waals surface area contributed by atoms with Crippen molar-refractivity contribution in [1.82, 2.24) is 9.55 Å². The van der Waals surface area contributed by atoms with Crippen molar-refractivity contribution in [3.05, 3.63) is 71.8 Å². The molecule has 4 heteroatoms. The Morgan fingerprint density at radius 3 is 2.88 bits per heavy atom. The van der Waals surface area contributed by atoms with Crippen LogP contribution in [0.1, 0.15) is 17.5 Å². The summed E-state index contributed by atoms with van der Waals surface area (Å²) in [5.74, 6) is -0.145. The van der Waals surface area contributed by atoms with Crippen molar-refractivity contribution >= 4 is 22.8 Å². The molecule has 2 aromatic heterocycles. The number of benzene rings is 1. The van der Waals surface area contributed by atoms with Crippen molar-refractivity contribution < 1.29 is 4.39 Å². The predicted octanol–water partition coefficient (Wildman–Crippen LogP) is 4.28. The van der Waals surface area contributed by atoms with Gasteiger partial charge in [0.25, 0.3) is 0 Å². The molecule has 1 aliphatic heterocycles. The normalized spacial score (nSPS) is 14.1. The molecule has 1 aromatic carbocycles. The van der Waals surface area contributed by atoms with Crippen LogP contribution >= 0.6 is 0 Å². The van der Waals surface area contributed by atoms with Crippen LogP contribution in [0.3, 0.4) is 0 Å². The Balaban J connectivity index is 1.68. The van der Waals surface area contributed by atoms with E-state index >= 15 is 0 Å². The molecule has 0 saturated heterocycles. The molecule has 4 rings (SSSR count). The monoisotopic (exact) mass is 319 g/mol. The summed E-state index contributed by atoms with van der Waals surface area (Å²) in [4.78, 5) is 8.80. The van der Waals surface area contributed by atoms with E-state index < -0.39 is 0 Å². The zero-order valence-corrected chi connectivity index (χ0v) is 13.3. The van der Waals surface area contributed by atoms with E-state index in [0.29, 0.717) is 13.0 Å². The number of nitrogens with zero attached hydrogens (tertiary/aromatic N) is 3. The number of halogens is 1. The molecule has 0 radical (unpaired) electrons. The summed E-state index contributed by atoms with van der Waals surface area (Å²) in [6.45, 7) is 1.44. The summed E-state index contributed by atoms with van der Waals surface area (Å²) in [5.41, 5.74) is 4.18. The average molecular weight is 319 g/mol. The Kier molecular flexibility index (Phi) is 3.95. The zero-order chi connectivity index (χ0) is 16.4. The molecule has 0 unspecified atom stereocenters. The van der Waals surface area contributed by atoms with Crippen LogP contribution in [0.2, 0.25) is 0 Å². The predicted molar refractivity (Wildman–Crippen MR) is 95.8 cm³/mol. The van der Waals surface area contributed by atoms with Crippen molar-refractivity contribution in [2.45, 2.75) is 19.4 Å². The van der Waals surface area contributed by atoms with E-state index in [0.717, 1.165) is 29.6 Å². The summed E-state index contributed by atoms with van der Waals surface area (Å²) in [6, 6.07) is 11.0. The fourth-order valence-corrected chi connectivity index (χ4v) is 3.19. The van der Waals surface area contributed by atoms with E-state index in [1.54, 1.807) is 6.07 Å². The van der Waals surface area contributed by atoms with Crippen LogP contribution in [-0.2, 0) is 13.0 Å². The number of fused-ring (bicyclic) bond motifs is 1. The maximum atomic E-state index is 13.9. The van der Waals surface area contributed by atoms with Crippen molar-refractivity contribution in [2.75, 3.05) is 6.54 Å². The molecule has 0 atom stereocenters. The Hall–Kier alpha value is -2.75. The second-order valence-corrected chi connectivity index (χ2v) is 5.93. The zero-order valence-electron chi connectivity index (χ0n) is 13.3. The topological polar surface area (TPSA) is 30.2 Å². The molecule has 0 amide bonds. The quantitative estimate of drug-likeness (QED) is 0.706. The van der Waals surface area contributed by atoms with Gasteiger partial charge in [-0.2, -0.15) is 0 Å². The molecule has 0 fully saturated rings. The second kappa shape index (κ2) is 6.40. The van der Waals surface area contributed by atoms with Crippen LogP contribution < -0.4 is 0 Å². The lowest BCUT2D eigenvalue weighted by molar-refractivity contribution is 0.596. The van der Waals surface area contributed by atoms with Crippen LogP contribution in [0.25, 0.3) is 16.6 Å². The molecular formula is C20H18FN3. The number of rotatable bonds is 4. The first-order valence-corrected chi connectivity index (χ1v) is 8.18. The van der Waals surface area contributed by atoms with Crippen molar-refractivity contribution in [1.29, 1.82) is 0 Å². The van der Waals surface area contributed by atoms with Crippen LogP contribution in [0, 0.1) is 5.82 Å². The third-order valence-corrected chi connectivity index (χ3v) is 4.44. The van der Waals surface area contributed by atoms with Gasteiger partial charge in [-0.15, -0.1) is 0 Å². The summed E-state index contributed by atoms with van der Waals surface area (Å²) in [6.07, 6.45) is 9.58. The van der Waals surface area contributed by atoms with Gasteiger partial charge in [0.15, 0.2) is 0 Å². The summed E-state index contributed by atoms with van der Waals surface area (Å²) < 4.78 is 16.0. The third kappa shape index (κ3) is 2.75. The van der Waals surface area contributed by atoms with Crippen molar-refractivity contribution in [3.8, 4) is 0 Å². The van der Waals surface area contributed by atoms with E-state index in [2.05, 4.69) is 32.9 Å². The molecule has 3 aromatic rings. The number of pyridine rings is 1. The molecular weight excluding hydrogens is 301 g/mol. The van der Waals surface area contributed by atoms with Gasteiger partial charge in [0.1, 0.15) is 11.5 Å². The van der Waals surface area contributed by atoms with Gasteiger partial charge in [0.05, 0.1) is 6.54 Å². The molecule has 0 aliphatic carbocycles. The molecule has 1 aliphatic rings. The molecule has 24 heavy (non-hydrogen) atoms. The number of hydrogen-bond donors (Lipinski definition) is 0. The minimum absolute atomic E-state index is 0.145. The molecule has 0 saturated carbocycles. The summed E-state index contributed by atoms with van der Waals surface area (Å²) in [5, 5.41) is 1.15. The first-order chi connectivity index (χ1) is 11.8.